The molecule has 0 amide bonds. The smallest absolute Gasteiger partial charge is 0.330 e. The minimum atomic E-state index is -1.18. The fraction of sp³-hybridized carbons (Fsp3) is 0.733. The summed E-state index contributed by atoms with van der Waals surface area (Å²) < 4.78 is 22.7. The molecule has 1 aromatic rings. The first-order chi connectivity index (χ1) is 11.9. The maximum absolute atomic E-state index is 12.1. The van der Waals surface area contributed by atoms with Gasteiger partial charge in [0.05, 0.1) is 19.8 Å². The number of rotatable bonds is 8. The molecule has 10 nitrogen and oxygen atoms in total. The molecule has 25 heavy (non-hydrogen) atoms. The van der Waals surface area contributed by atoms with Gasteiger partial charge in [-0.1, -0.05) is 0 Å². The third kappa shape index (κ3) is 4.35. The predicted molar refractivity (Wildman–Crippen MR) is 85.5 cm³/mol. The maximum atomic E-state index is 12.1. The molecule has 1 aromatic heterocycles. The van der Waals surface area contributed by atoms with Crippen molar-refractivity contribution in [3.8, 4) is 0 Å². The highest BCUT2D eigenvalue weighted by molar-refractivity contribution is 5.03. The molecule has 1 saturated heterocycles. The van der Waals surface area contributed by atoms with Gasteiger partial charge in [-0.2, -0.15) is 0 Å². The molecule has 1 fully saturated rings. The van der Waals surface area contributed by atoms with Gasteiger partial charge in [-0.15, -0.1) is 0 Å². The zero-order valence-electron chi connectivity index (χ0n) is 14.4. The van der Waals surface area contributed by atoms with E-state index < -0.39 is 48.5 Å². The first-order valence-electron chi connectivity index (χ1n) is 7.82. The molecule has 0 saturated carbocycles. The Hall–Kier alpha value is -1.56. The maximum Gasteiger partial charge on any atom is 0.330 e. The number of methoxy groups -OCH3 is 2. The Bertz CT molecular complexity index is 666. The van der Waals surface area contributed by atoms with Gasteiger partial charge in [-0.3, -0.25) is 14.3 Å². The van der Waals surface area contributed by atoms with Crippen LogP contribution >= 0.6 is 0 Å². The molecule has 1 unspecified atom stereocenters. The van der Waals surface area contributed by atoms with Crippen LogP contribution in [0.25, 0.3) is 0 Å². The van der Waals surface area contributed by atoms with Gasteiger partial charge >= 0.3 is 5.69 Å². The second-order valence-corrected chi connectivity index (χ2v) is 5.85. The number of aromatic nitrogens is 2. The van der Waals surface area contributed by atoms with E-state index >= 15 is 0 Å². The zero-order valence-corrected chi connectivity index (χ0v) is 14.4. The van der Waals surface area contributed by atoms with Gasteiger partial charge in [0.1, 0.15) is 24.4 Å². The van der Waals surface area contributed by atoms with E-state index in [1.165, 1.54) is 27.3 Å². The summed E-state index contributed by atoms with van der Waals surface area (Å²) in [6.45, 7) is 1.49. The molecule has 0 radical (unpaired) electrons. The summed E-state index contributed by atoms with van der Waals surface area (Å²) in [6.07, 6.45) is -3.28. The van der Waals surface area contributed by atoms with E-state index in [-0.39, 0.29) is 13.2 Å². The average molecular weight is 360 g/mol. The predicted octanol–water partition coefficient (Wildman–Crippen LogP) is -1.86. The molecule has 1 aliphatic heterocycles. The summed E-state index contributed by atoms with van der Waals surface area (Å²) in [5.74, 6) is 0. The Morgan fingerprint density at radius 1 is 1.32 bits per heavy atom. The van der Waals surface area contributed by atoms with Gasteiger partial charge in [-0.25, -0.2) is 4.79 Å². The lowest BCUT2D eigenvalue weighted by Crippen LogP contribution is -2.43. The van der Waals surface area contributed by atoms with Gasteiger partial charge in [0, 0.05) is 26.0 Å². The summed E-state index contributed by atoms with van der Waals surface area (Å²) in [7, 11) is 2.99. The van der Waals surface area contributed by atoms with E-state index in [9.17, 15) is 19.8 Å². The number of aliphatic hydroxyl groups is 2. The van der Waals surface area contributed by atoms with Crippen LogP contribution in [-0.4, -0.2) is 78.2 Å². The molecule has 2 heterocycles. The van der Waals surface area contributed by atoms with Crippen molar-refractivity contribution in [3.05, 3.63) is 32.6 Å². The SMILES string of the molecule is COCC(COC)O[C@H]1C(O)[C@@H](CO)O[C@H]1n1cc(C)c(=O)[nH]c1=O. The lowest BCUT2D eigenvalue weighted by atomic mass is 10.1. The Morgan fingerprint density at radius 2 is 1.96 bits per heavy atom. The van der Waals surface area contributed by atoms with Crippen LogP contribution in [0, 0.1) is 6.92 Å². The van der Waals surface area contributed by atoms with Crippen molar-refractivity contribution in [2.75, 3.05) is 34.0 Å². The lowest BCUT2D eigenvalue weighted by Gasteiger charge is -2.27. The molecular formula is C15H24N2O8. The topological polar surface area (TPSA) is 132 Å². The normalized spacial score (nSPS) is 26.5. The Morgan fingerprint density at radius 3 is 2.52 bits per heavy atom. The summed E-state index contributed by atoms with van der Waals surface area (Å²) in [6, 6.07) is 0. The van der Waals surface area contributed by atoms with E-state index in [4.69, 9.17) is 18.9 Å². The minimum Gasteiger partial charge on any atom is -0.394 e. The molecule has 0 bridgehead atoms. The summed E-state index contributed by atoms with van der Waals surface area (Å²) in [5.41, 5.74) is -0.906. The number of ether oxygens (including phenoxy) is 4. The van der Waals surface area contributed by atoms with Gasteiger partial charge in [0.15, 0.2) is 6.23 Å². The molecule has 0 spiro atoms. The van der Waals surface area contributed by atoms with Crippen LogP contribution in [0.1, 0.15) is 11.8 Å². The van der Waals surface area contributed by atoms with Gasteiger partial charge in [-0.05, 0) is 6.92 Å². The molecule has 142 valence electrons. The van der Waals surface area contributed by atoms with E-state index in [2.05, 4.69) is 4.98 Å². The van der Waals surface area contributed by atoms with Crippen molar-refractivity contribution in [1.82, 2.24) is 9.55 Å². The monoisotopic (exact) mass is 360 g/mol. The molecule has 3 N–H and O–H groups in total. The summed E-state index contributed by atoms with van der Waals surface area (Å²) >= 11 is 0. The molecular weight excluding hydrogens is 336 g/mol. The quantitative estimate of drug-likeness (QED) is 0.492. The van der Waals surface area contributed by atoms with Crippen molar-refractivity contribution >= 4 is 0 Å². The van der Waals surface area contributed by atoms with Crippen molar-refractivity contribution in [2.45, 2.75) is 37.6 Å². The minimum absolute atomic E-state index is 0.202. The van der Waals surface area contributed by atoms with E-state index in [1.807, 2.05) is 0 Å². The van der Waals surface area contributed by atoms with Crippen LogP contribution < -0.4 is 11.2 Å². The van der Waals surface area contributed by atoms with Gasteiger partial charge in [0.2, 0.25) is 0 Å². The highest BCUT2D eigenvalue weighted by atomic mass is 16.6. The third-order valence-corrected chi connectivity index (χ3v) is 3.97. The van der Waals surface area contributed by atoms with Crippen LogP contribution in [0.3, 0.4) is 0 Å². The van der Waals surface area contributed by atoms with Crippen LogP contribution in [0.15, 0.2) is 15.8 Å². The fourth-order valence-electron chi connectivity index (χ4n) is 2.74. The van der Waals surface area contributed by atoms with Crippen molar-refractivity contribution in [1.29, 1.82) is 0 Å². The van der Waals surface area contributed by atoms with E-state index in [0.29, 0.717) is 5.56 Å². The molecule has 1 aliphatic rings. The number of H-pyrrole nitrogens is 1. The molecule has 2 rings (SSSR count). The third-order valence-electron chi connectivity index (χ3n) is 3.97. The average Bonchev–Trinajstić information content (AvgIpc) is 2.87. The van der Waals surface area contributed by atoms with Crippen LogP contribution in [0.4, 0.5) is 0 Å². The van der Waals surface area contributed by atoms with Gasteiger partial charge in [0.25, 0.3) is 5.56 Å². The summed E-state index contributed by atoms with van der Waals surface area (Å²) in [4.78, 5) is 25.9. The second-order valence-electron chi connectivity index (χ2n) is 5.85. The largest absolute Gasteiger partial charge is 0.394 e. The summed E-state index contributed by atoms with van der Waals surface area (Å²) in [5, 5.41) is 19.8. The number of aliphatic hydroxyl groups excluding tert-OH is 2. The molecule has 4 atom stereocenters. The Labute approximate surface area is 143 Å². The standard InChI is InChI=1S/C15H24N2O8/c1-8-4-17(15(21)16-13(8)20)14-12(11(19)10(5-18)25-14)24-9(6-22-2)7-23-3/h4,9-12,14,18-19H,5-7H2,1-3H3,(H,16,20,21)/t10-,11?,12+,14-/m1/s1. The van der Waals surface area contributed by atoms with Crippen molar-refractivity contribution in [3.63, 3.8) is 0 Å². The molecule has 0 aromatic carbocycles. The first-order valence-corrected chi connectivity index (χ1v) is 7.82. The highest BCUT2D eigenvalue weighted by Crippen LogP contribution is 2.31. The van der Waals surface area contributed by atoms with Crippen LogP contribution in [0.2, 0.25) is 0 Å². The zero-order chi connectivity index (χ0) is 18.6. The van der Waals surface area contributed by atoms with Crippen molar-refractivity contribution in [2.24, 2.45) is 0 Å². The van der Waals surface area contributed by atoms with Gasteiger partial charge < -0.3 is 29.2 Å². The Balaban J connectivity index is 2.35. The first kappa shape index (κ1) is 19.8. The lowest BCUT2D eigenvalue weighted by molar-refractivity contribution is -0.132. The Kier molecular flexibility index (Phi) is 6.87. The number of nitrogens with one attached hydrogen (secondary N) is 1. The fourth-order valence-corrected chi connectivity index (χ4v) is 2.74. The van der Waals surface area contributed by atoms with Crippen LogP contribution in [0.5, 0.6) is 0 Å². The highest BCUT2D eigenvalue weighted by Gasteiger charge is 2.46. The molecule has 0 aliphatic carbocycles. The number of aromatic amines is 1. The van der Waals surface area contributed by atoms with Crippen molar-refractivity contribution < 1.29 is 29.2 Å². The van der Waals surface area contributed by atoms with E-state index in [0.717, 1.165) is 4.57 Å². The number of nitrogens with zero attached hydrogens (tertiary/aromatic N) is 1. The number of aryl methyl sites for hydroxylation is 1. The van der Waals surface area contributed by atoms with E-state index in [1.54, 1.807) is 0 Å². The number of hydrogen-bond donors (Lipinski definition) is 3. The number of hydrogen-bond acceptors (Lipinski definition) is 8. The van der Waals surface area contributed by atoms with Crippen LogP contribution in [-0.2, 0) is 18.9 Å². The second kappa shape index (κ2) is 8.70. The molecule has 10 heteroatoms.